The lowest BCUT2D eigenvalue weighted by Crippen LogP contribution is -2.71. The molecule has 0 aliphatic carbocycles. The average molecular weight is 522 g/mol. The Hall–Kier alpha value is -3.92. The molecule has 0 bridgehead atoms. The predicted octanol–water partition coefficient (Wildman–Crippen LogP) is -0.329. The van der Waals surface area contributed by atoms with Gasteiger partial charge in [-0.25, -0.2) is 14.8 Å². The summed E-state index contributed by atoms with van der Waals surface area (Å²) in [6.07, 6.45) is 3.13. The summed E-state index contributed by atoms with van der Waals surface area (Å²) >= 11 is 2.33. The first kappa shape index (κ1) is 24.2. The smallest absolute Gasteiger partial charge is 0.352 e. The molecule has 14 nitrogen and oxygen atoms in total. The van der Waals surface area contributed by atoms with E-state index in [1.807, 2.05) is 0 Å². The van der Waals surface area contributed by atoms with Gasteiger partial charge in [0.25, 0.3) is 11.8 Å². The van der Waals surface area contributed by atoms with Crippen LogP contribution in [0.3, 0.4) is 0 Å². The fourth-order valence-electron chi connectivity index (χ4n) is 3.33. The number of hydrogen-bond donors (Lipinski definition) is 4. The normalized spacial score (nSPS) is 19.6. The molecule has 0 saturated carbocycles. The van der Waals surface area contributed by atoms with Gasteiger partial charge in [-0.3, -0.25) is 19.3 Å². The standard InChI is InChI=1S/C19H19N7O7S2/c1-8(27)32-4-9-6-34-17-13(16(29)26(17)14(9)18(30)31)24-15(28)12(10-7-35-19(20)23-10)25-33-5-11-21-2-3-22-11/h2-3,7,13,17H,4-6H2,1H3,(H2,20,23)(H,21,22)(H,24,28)(H,30,31)/t13-,17-/m1/s1. The first-order chi connectivity index (χ1) is 16.8. The summed E-state index contributed by atoms with van der Waals surface area (Å²) in [5.74, 6) is -2.60. The second kappa shape index (κ2) is 10.1. The van der Waals surface area contributed by atoms with Crippen molar-refractivity contribution >= 4 is 57.7 Å². The average Bonchev–Trinajstić information content (AvgIpc) is 3.49. The first-order valence-corrected chi connectivity index (χ1v) is 11.9. The number of aromatic nitrogens is 3. The van der Waals surface area contributed by atoms with Gasteiger partial charge in [-0.2, -0.15) is 0 Å². The van der Waals surface area contributed by atoms with Gasteiger partial charge in [0.2, 0.25) is 0 Å². The van der Waals surface area contributed by atoms with Crippen molar-refractivity contribution in [3.8, 4) is 0 Å². The van der Waals surface area contributed by atoms with Crippen molar-refractivity contribution in [3.05, 3.63) is 40.6 Å². The van der Waals surface area contributed by atoms with Gasteiger partial charge in [-0.15, -0.1) is 23.1 Å². The number of oxime groups is 1. The number of ether oxygens (including phenoxy) is 1. The molecule has 4 heterocycles. The lowest BCUT2D eigenvalue weighted by molar-refractivity contribution is -0.150. The van der Waals surface area contributed by atoms with Gasteiger partial charge in [0.15, 0.2) is 17.5 Å². The SMILES string of the molecule is CC(=O)OCC1=C(C(=O)O)N2C(=O)[C@@H](NC(=O)C(=NOCc3ncc[nH]3)c3csc(N)n3)[C@H]2SC1. The highest BCUT2D eigenvalue weighted by Gasteiger charge is 2.54. The van der Waals surface area contributed by atoms with Crippen LogP contribution in [0.25, 0.3) is 0 Å². The third-order valence-electron chi connectivity index (χ3n) is 4.88. The van der Waals surface area contributed by atoms with E-state index in [9.17, 15) is 24.3 Å². The number of aliphatic carboxylic acids is 1. The molecule has 2 aromatic rings. The summed E-state index contributed by atoms with van der Waals surface area (Å²) in [5.41, 5.74) is 5.66. The lowest BCUT2D eigenvalue weighted by atomic mass is 10.0. The first-order valence-electron chi connectivity index (χ1n) is 10.00. The van der Waals surface area contributed by atoms with Gasteiger partial charge in [0.05, 0.1) is 0 Å². The molecule has 0 unspecified atom stereocenters. The molecule has 0 aromatic carbocycles. The predicted molar refractivity (Wildman–Crippen MR) is 123 cm³/mol. The van der Waals surface area contributed by atoms with Crippen LogP contribution in [-0.4, -0.2) is 78.2 Å². The van der Waals surface area contributed by atoms with E-state index in [-0.39, 0.29) is 41.2 Å². The number of H-pyrrole nitrogens is 1. The summed E-state index contributed by atoms with van der Waals surface area (Å²) < 4.78 is 4.91. The molecular weight excluding hydrogens is 502 g/mol. The van der Waals surface area contributed by atoms with Crippen LogP contribution in [-0.2, 0) is 35.4 Å². The second-order valence-corrected chi connectivity index (χ2v) is 9.21. The van der Waals surface area contributed by atoms with Crippen LogP contribution in [0.15, 0.2) is 34.2 Å². The van der Waals surface area contributed by atoms with E-state index in [4.69, 9.17) is 15.3 Å². The van der Waals surface area contributed by atoms with Crippen LogP contribution < -0.4 is 11.1 Å². The summed E-state index contributed by atoms with van der Waals surface area (Å²) in [4.78, 5) is 66.0. The number of imidazole rings is 1. The van der Waals surface area contributed by atoms with Crippen molar-refractivity contribution in [3.63, 3.8) is 0 Å². The highest BCUT2D eigenvalue weighted by molar-refractivity contribution is 8.00. The van der Waals surface area contributed by atoms with Crippen molar-refractivity contribution in [2.75, 3.05) is 18.1 Å². The number of nitrogens with zero attached hydrogens (tertiary/aromatic N) is 4. The number of carboxylic acids is 1. The Morgan fingerprint density at radius 3 is 2.83 bits per heavy atom. The molecule has 2 aromatic heterocycles. The fraction of sp³-hybridized carbons (Fsp3) is 0.316. The zero-order valence-electron chi connectivity index (χ0n) is 18.1. The Morgan fingerprint density at radius 1 is 1.40 bits per heavy atom. The van der Waals surface area contributed by atoms with E-state index >= 15 is 0 Å². The molecule has 0 spiro atoms. The number of thioether (sulfide) groups is 1. The Bertz CT molecular complexity index is 1220. The number of rotatable bonds is 9. The van der Waals surface area contributed by atoms with E-state index in [1.54, 1.807) is 6.20 Å². The number of fused-ring (bicyclic) bond motifs is 1. The van der Waals surface area contributed by atoms with E-state index in [0.29, 0.717) is 11.4 Å². The number of aromatic amines is 1. The molecule has 35 heavy (non-hydrogen) atoms. The quantitative estimate of drug-likeness (QED) is 0.146. The molecule has 4 rings (SSSR count). The van der Waals surface area contributed by atoms with Crippen molar-refractivity contribution in [1.29, 1.82) is 0 Å². The van der Waals surface area contributed by atoms with E-state index in [1.165, 1.54) is 30.3 Å². The molecule has 16 heteroatoms. The minimum absolute atomic E-state index is 0.0457. The van der Waals surface area contributed by atoms with Crippen LogP contribution in [0.5, 0.6) is 0 Å². The fourth-order valence-corrected chi connectivity index (χ4v) is 5.20. The molecule has 1 fully saturated rings. The molecule has 2 amide bonds. The van der Waals surface area contributed by atoms with Crippen molar-refractivity contribution < 1.29 is 33.9 Å². The largest absolute Gasteiger partial charge is 0.477 e. The van der Waals surface area contributed by atoms with Gasteiger partial charge in [0, 0.05) is 36.0 Å². The van der Waals surface area contributed by atoms with E-state index in [2.05, 4.69) is 25.4 Å². The number of anilines is 1. The maximum Gasteiger partial charge on any atom is 0.352 e. The Morgan fingerprint density at radius 2 is 2.20 bits per heavy atom. The topological polar surface area (TPSA) is 202 Å². The molecule has 1 saturated heterocycles. The van der Waals surface area contributed by atoms with Gasteiger partial charge in [-0.1, -0.05) is 5.16 Å². The minimum atomic E-state index is -1.33. The van der Waals surface area contributed by atoms with E-state index < -0.39 is 35.2 Å². The number of esters is 1. The number of carboxylic acid groups (broad SMARTS) is 1. The van der Waals surface area contributed by atoms with Crippen molar-refractivity contribution in [2.45, 2.75) is 24.9 Å². The van der Waals surface area contributed by atoms with Gasteiger partial charge in [-0.05, 0) is 0 Å². The number of nitrogens with two attached hydrogens (primary N) is 1. The Kier molecular flexibility index (Phi) is 7.02. The van der Waals surface area contributed by atoms with Gasteiger partial charge < -0.3 is 30.7 Å². The molecule has 2 aliphatic heterocycles. The van der Waals surface area contributed by atoms with Crippen molar-refractivity contribution in [2.24, 2.45) is 5.16 Å². The molecule has 184 valence electrons. The zero-order valence-corrected chi connectivity index (χ0v) is 19.7. The number of thiazole rings is 1. The third kappa shape index (κ3) is 5.12. The number of carbonyl (C=O) groups is 4. The highest BCUT2D eigenvalue weighted by atomic mass is 32.2. The summed E-state index contributed by atoms with van der Waals surface area (Å²) in [6, 6.07) is -1.01. The summed E-state index contributed by atoms with van der Waals surface area (Å²) in [7, 11) is 0. The molecular formula is C19H19N7O7S2. The van der Waals surface area contributed by atoms with Gasteiger partial charge in [0.1, 0.15) is 35.2 Å². The maximum atomic E-state index is 13.0. The Labute approximate surface area is 205 Å². The number of carbonyl (C=O) groups excluding carboxylic acids is 3. The molecule has 2 aliphatic rings. The third-order valence-corrected chi connectivity index (χ3v) is 6.89. The lowest BCUT2D eigenvalue weighted by Gasteiger charge is -2.49. The van der Waals surface area contributed by atoms with E-state index in [0.717, 1.165) is 16.2 Å². The number of nitrogens with one attached hydrogen (secondary N) is 2. The minimum Gasteiger partial charge on any atom is -0.477 e. The number of hydrogen-bond acceptors (Lipinski definition) is 12. The van der Waals surface area contributed by atoms with Gasteiger partial charge >= 0.3 is 11.9 Å². The summed E-state index contributed by atoms with van der Waals surface area (Å²) in [6.45, 7) is 0.913. The Balaban J connectivity index is 1.49. The van der Waals surface area contributed by atoms with Crippen molar-refractivity contribution in [1.82, 2.24) is 25.2 Å². The molecule has 0 radical (unpaired) electrons. The van der Waals surface area contributed by atoms with Crippen LogP contribution in [0.4, 0.5) is 5.13 Å². The number of β-lactam (4-membered cyclic amide) rings is 1. The van der Waals surface area contributed by atoms with Crippen LogP contribution in [0, 0.1) is 0 Å². The maximum absolute atomic E-state index is 13.0. The molecule has 5 N–H and O–H groups in total. The van der Waals surface area contributed by atoms with Crippen LogP contribution in [0.2, 0.25) is 0 Å². The second-order valence-electron chi connectivity index (χ2n) is 7.22. The molecule has 2 atom stereocenters. The zero-order chi connectivity index (χ0) is 25.1. The van der Waals surface area contributed by atoms with Crippen LogP contribution in [0.1, 0.15) is 18.4 Å². The monoisotopic (exact) mass is 521 g/mol. The summed E-state index contributed by atoms with van der Waals surface area (Å²) in [5, 5.41) is 17.2. The highest BCUT2D eigenvalue weighted by Crippen LogP contribution is 2.40. The number of nitrogen functional groups attached to an aromatic ring is 1. The number of amides is 2. The van der Waals surface area contributed by atoms with Crippen LogP contribution >= 0.6 is 23.1 Å².